The summed E-state index contributed by atoms with van der Waals surface area (Å²) < 4.78 is 38.3. The highest BCUT2D eigenvalue weighted by Crippen LogP contribution is 2.32. The molecule has 3 aromatic rings. The molecule has 0 saturated heterocycles. The van der Waals surface area contributed by atoms with Gasteiger partial charge in [0, 0.05) is 27.9 Å². The zero-order chi connectivity index (χ0) is 22.8. The van der Waals surface area contributed by atoms with Gasteiger partial charge < -0.3 is 14.3 Å². The monoisotopic (exact) mass is 512 g/mol. The van der Waals surface area contributed by atoms with Gasteiger partial charge in [0.05, 0.1) is 4.90 Å². The molecule has 0 aliphatic rings. The molecule has 31 heavy (non-hydrogen) atoms. The fraction of sp³-hybridized carbons (Fsp3) is 0.300. The first-order chi connectivity index (χ1) is 14.6. The maximum Gasteiger partial charge on any atom is 0.411 e. The largest absolute Gasteiger partial charge is 0.480 e. The lowest BCUT2D eigenvalue weighted by Crippen LogP contribution is -2.44. The van der Waals surface area contributed by atoms with Crippen molar-refractivity contribution in [2.45, 2.75) is 24.8 Å². The summed E-state index contributed by atoms with van der Waals surface area (Å²) in [5, 5.41) is 13.7. The Bertz CT molecular complexity index is 1240. The molecule has 0 spiro atoms. The van der Waals surface area contributed by atoms with E-state index in [1.165, 1.54) is 12.1 Å². The summed E-state index contributed by atoms with van der Waals surface area (Å²) in [6.07, 6.45) is -0.593. The van der Waals surface area contributed by atoms with Crippen molar-refractivity contribution in [3.05, 3.63) is 36.4 Å². The van der Waals surface area contributed by atoms with E-state index < -0.39 is 34.0 Å². The molecule has 1 amide bonds. The number of amides is 1. The van der Waals surface area contributed by atoms with E-state index in [2.05, 4.69) is 26.0 Å². The van der Waals surface area contributed by atoms with Crippen molar-refractivity contribution in [1.82, 2.24) is 4.72 Å². The number of alkyl halides is 1. The Labute approximate surface area is 186 Å². The van der Waals surface area contributed by atoms with Gasteiger partial charge in [-0.05, 0) is 36.2 Å². The Hall–Kier alpha value is -2.63. The van der Waals surface area contributed by atoms with Crippen LogP contribution in [0.15, 0.2) is 45.7 Å². The van der Waals surface area contributed by atoms with E-state index in [9.17, 15) is 23.1 Å². The fourth-order valence-electron chi connectivity index (χ4n) is 2.99. The molecule has 3 rings (SSSR count). The average molecular weight is 513 g/mol. The van der Waals surface area contributed by atoms with E-state index in [4.69, 9.17) is 9.15 Å². The summed E-state index contributed by atoms with van der Waals surface area (Å²) in [5.41, 5.74) is 1.31. The molecule has 0 saturated carbocycles. The number of benzene rings is 2. The number of aliphatic carboxylic acids is 1. The van der Waals surface area contributed by atoms with Crippen molar-refractivity contribution in [2.75, 3.05) is 17.3 Å². The Morgan fingerprint density at radius 1 is 1.13 bits per heavy atom. The number of anilines is 1. The van der Waals surface area contributed by atoms with E-state index in [1.807, 2.05) is 0 Å². The Kier molecular flexibility index (Phi) is 6.87. The van der Waals surface area contributed by atoms with Gasteiger partial charge in [-0.25, -0.2) is 13.2 Å². The first-order valence-electron chi connectivity index (χ1n) is 9.33. The number of fused-ring (bicyclic) bond motifs is 3. The molecular weight excluding hydrogens is 492 g/mol. The van der Waals surface area contributed by atoms with Gasteiger partial charge in [0.2, 0.25) is 10.0 Å². The third-order valence-corrected chi connectivity index (χ3v) is 6.29. The summed E-state index contributed by atoms with van der Waals surface area (Å²) in [6, 6.07) is 8.03. The van der Waals surface area contributed by atoms with Crippen LogP contribution in [0.5, 0.6) is 0 Å². The normalized spacial score (nSPS) is 12.9. The molecule has 11 heteroatoms. The summed E-state index contributed by atoms with van der Waals surface area (Å²) in [6.45, 7) is 3.46. The average Bonchev–Trinajstić information content (AvgIpc) is 3.07. The molecule has 166 valence electrons. The molecule has 0 aliphatic heterocycles. The number of nitrogens with one attached hydrogen (secondary N) is 2. The molecule has 0 radical (unpaired) electrons. The summed E-state index contributed by atoms with van der Waals surface area (Å²) in [7, 11) is -4.08. The Morgan fingerprint density at radius 3 is 2.52 bits per heavy atom. The maximum atomic E-state index is 12.7. The number of carbonyl (C=O) groups excluding carboxylic acids is 1. The number of ether oxygens (including phenoxy) is 1. The van der Waals surface area contributed by atoms with Crippen LogP contribution in [0.25, 0.3) is 21.9 Å². The lowest BCUT2D eigenvalue weighted by atomic mass is 10.1. The third kappa shape index (κ3) is 5.17. The number of halogens is 1. The van der Waals surface area contributed by atoms with Crippen molar-refractivity contribution in [3.63, 3.8) is 0 Å². The van der Waals surface area contributed by atoms with Gasteiger partial charge in [-0.3, -0.25) is 10.1 Å². The first kappa shape index (κ1) is 23.0. The summed E-state index contributed by atoms with van der Waals surface area (Å²) >= 11 is 3.17. The quantitative estimate of drug-likeness (QED) is 0.389. The van der Waals surface area contributed by atoms with Gasteiger partial charge in [-0.1, -0.05) is 29.8 Å². The smallest absolute Gasteiger partial charge is 0.411 e. The lowest BCUT2D eigenvalue weighted by molar-refractivity contribution is -0.140. The Balaban J connectivity index is 1.93. The van der Waals surface area contributed by atoms with Gasteiger partial charge in [0.1, 0.15) is 23.8 Å². The number of hydrogen-bond acceptors (Lipinski definition) is 6. The molecule has 1 aromatic heterocycles. The highest BCUT2D eigenvalue weighted by atomic mass is 79.9. The molecule has 2 aromatic carbocycles. The van der Waals surface area contributed by atoms with Crippen LogP contribution in [0.4, 0.5) is 10.5 Å². The standard InChI is InChI=1S/C20H21BrN2O7S/c1-11(2)18(19(24)25)23-31(27,28)13-4-5-14-15-9-12(22-20(26)29-8-7-21)3-6-16(15)30-17(14)10-13/h3-6,9-11,18,23H,7-8H2,1-2H3,(H,22,26)(H,24,25)/t18-/m0/s1. The highest BCUT2D eigenvalue weighted by molar-refractivity contribution is 9.09. The molecule has 1 heterocycles. The van der Waals surface area contributed by atoms with Crippen LogP contribution in [0.2, 0.25) is 0 Å². The number of carboxylic acids is 1. The van der Waals surface area contributed by atoms with E-state index in [1.54, 1.807) is 38.1 Å². The van der Waals surface area contributed by atoms with Crippen LogP contribution < -0.4 is 10.0 Å². The van der Waals surface area contributed by atoms with Crippen LogP contribution in [-0.4, -0.2) is 43.6 Å². The Morgan fingerprint density at radius 2 is 1.87 bits per heavy atom. The molecule has 0 fully saturated rings. The highest BCUT2D eigenvalue weighted by Gasteiger charge is 2.28. The number of sulfonamides is 1. The number of furan rings is 1. The van der Waals surface area contributed by atoms with Crippen molar-refractivity contribution in [2.24, 2.45) is 5.92 Å². The van der Waals surface area contributed by atoms with Crippen LogP contribution in [0.1, 0.15) is 13.8 Å². The topological polar surface area (TPSA) is 135 Å². The third-order valence-electron chi connectivity index (χ3n) is 4.52. The predicted molar refractivity (Wildman–Crippen MR) is 119 cm³/mol. The van der Waals surface area contributed by atoms with Crippen LogP contribution in [0.3, 0.4) is 0 Å². The minimum Gasteiger partial charge on any atom is -0.480 e. The number of carbonyl (C=O) groups is 2. The van der Waals surface area contributed by atoms with Crippen LogP contribution in [0, 0.1) is 5.92 Å². The van der Waals surface area contributed by atoms with Gasteiger partial charge in [0.25, 0.3) is 0 Å². The first-order valence-corrected chi connectivity index (χ1v) is 11.9. The zero-order valence-electron chi connectivity index (χ0n) is 16.7. The summed E-state index contributed by atoms with van der Waals surface area (Å²) in [5.74, 6) is -1.69. The maximum absolute atomic E-state index is 12.7. The van der Waals surface area contributed by atoms with Crippen LogP contribution in [-0.2, 0) is 19.6 Å². The minimum absolute atomic E-state index is 0.109. The molecule has 0 aliphatic carbocycles. The fourth-order valence-corrected chi connectivity index (χ4v) is 4.51. The molecule has 0 bridgehead atoms. The van der Waals surface area contributed by atoms with E-state index in [-0.39, 0.29) is 11.5 Å². The number of carboxylic acid groups (broad SMARTS) is 1. The van der Waals surface area contributed by atoms with E-state index >= 15 is 0 Å². The second-order valence-corrected chi connectivity index (χ2v) is 9.61. The van der Waals surface area contributed by atoms with Gasteiger partial charge in [0.15, 0.2) is 0 Å². The van der Waals surface area contributed by atoms with E-state index in [0.717, 1.165) is 0 Å². The minimum atomic E-state index is -4.08. The van der Waals surface area contributed by atoms with Crippen molar-refractivity contribution in [3.8, 4) is 0 Å². The molecule has 1 atom stereocenters. The number of hydrogen-bond donors (Lipinski definition) is 3. The zero-order valence-corrected chi connectivity index (χ0v) is 19.1. The van der Waals surface area contributed by atoms with Gasteiger partial charge in [-0.15, -0.1) is 0 Å². The lowest BCUT2D eigenvalue weighted by Gasteiger charge is -2.17. The van der Waals surface area contributed by atoms with Gasteiger partial charge in [-0.2, -0.15) is 4.72 Å². The van der Waals surface area contributed by atoms with Crippen LogP contribution >= 0.6 is 15.9 Å². The van der Waals surface area contributed by atoms with Gasteiger partial charge >= 0.3 is 12.1 Å². The second-order valence-electron chi connectivity index (χ2n) is 7.10. The van der Waals surface area contributed by atoms with E-state index in [0.29, 0.717) is 33.0 Å². The number of rotatable bonds is 8. The van der Waals surface area contributed by atoms with Crippen molar-refractivity contribution < 1.29 is 32.3 Å². The molecule has 9 nitrogen and oxygen atoms in total. The SMILES string of the molecule is CC(C)[C@H](NS(=O)(=O)c1ccc2c(c1)oc1ccc(NC(=O)OCCBr)cc12)C(=O)O. The van der Waals surface area contributed by atoms with Crippen molar-refractivity contribution in [1.29, 1.82) is 0 Å². The molecule has 3 N–H and O–H groups in total. The predicted octanol–water partition coefficient (Wildman–Crippen LogP) is 3.92. The summed E-state index contributed by atoms with van der Waals surface area (Å²) in [4.78, 5) is 23.0. The van der Waals surface area contributed by atoms with Crippen molar-refractivity contribution >= 4 is 65.6 Å². The molecular formula is C20H21BrN2O7S. The second kappa shape index (κ2) is 9.25. The molecule has 0 unspecified atom stereocenters.